The molecule has 1 aromatic carbocycles. The molecule has 0 aromatic heterocycles. The Hall–Kier alpha value is -0.210. The van der Waals surface area contributed by atoms with E-state index in [0.717, 1.165) is 11.8 Å². The minimum atomic E-state index is -1.04. The van der Waals surface area contributed by atoms with E-state index in [2.05, 4.69) is 6.58 Å². The van der Waals surface area contributed by atoms with Crippen LogP contribution in [0.15, 0.2) is 18.7 Å². The summed E-state index contributed by atoms with van der Waals surface area (Å²) in [6, 6.07) is 3.49. The minimum Gasteiger partial charge on any atom is -0.303 e. The van der Waals surface area contributed by atoms with Crippen LogP contribution in [0.2, 0.25) is 10.0 Å². The van der Waals surface area contributed by atoms with Gasteiger partial charge in [-0.15, -0.1) is 23.2 Å². The standard InChI is InChI=1S/C12H8Cl4O/c1-2-6-3-7(4-9(13)11(6)14)10-8(5-17)12(10,15)16/h2-5,8,10H,1H2. The van der Waals surface area contributed by atoms with E-state index in [0.29, 0.717) is 15.6 Å². The molecular formula is C12H8Cl4O. The maximum absolute atomic E-state index is 10.8. The van der Waals surface area contributed by atoms with E-state index in [-0.39, 0.29) is 5.92 Å². The summed E-state index contributed by atoms with van der Waals surface area (Å²) in [6.07, 6.45) is 2.36. The molecule has 1 fully saturated rings. The summed E-state index contributed by atoms with van der Waals surface area (Å²) in [5.74, 6) is -0.641. The van der Waals surface area contributed by atoms with Gasteiger partial charge in [0.2, 0.25) is 0 Å². The first-order valence-electron chi connectivity index (χ1n) is 4.88. The van der Waals surface area contributed by atoms with Crippen LogP contribution in [-0.2, 0) is 4.79 Å². The zero-order chi connectivity index (χ0) is 12.8. The van der Waals surface area contributed by atoms with Gasteiger partial charge in [-0.1, -0.05) is 35.9 Å². The third kappa shape index (κ3) is 2.10. The number of carbonyl (C=O) groups is 1. The SMILES string of the molecule is C=Cc1cc(C2C(C=O)C2(Cl)Cl)cc(Cl)c1Cl. The lowest BCUT2D eigenvalue weighted by Crippen LogP contribution is -1.92. The van der Waals surface area contributed by atoms with Gasteiger partial charge in [-0.3, -0.25) is 0 Å². The van der Waals surface area contributed by atoms with Gasteiger partial charge in [-0.25, -0.2) is 0 Å². The van der Waals surface area contributed by atoms with Crippen LogP contribution < -0.4 is 0 Å². The molecule has 0 N–H and O–H groups in total. The molecule has 1 aliphatic carbocycles. The Morgan fingerprint density at radius 2 is 1.94 bits per heavy atom. The Morgan fingerprint density at radius 3 is 2.41 bits per heavy atom. The lowest BCUT2D eigenvalue weighted by atomic mass is 10.1. The van der Waals surface area contributed by atoms with Crippen LogP contribution in [-0.4, -0.2) is 10.6 Å². The highest BCUT2D eigenvalue weighted by atomic mass is 35.5. The molecule has 1 aliphatic rings. The first kappa shape index (κ1) is 13.2. The van der Waals surface area contributed by atoms with Gasteiger partial charge in [-0.05, 0) is 23.3 Å². The number of alkyl halides is 2. The van der Waals surface area contributed by atoms with Gasteiger partial charge in [0.15, 0.2) is 0 Å². The van der Waals surface area contributed by atoms with Gasteiger partial charge in [0.1, 0.15) is 10.6 Å². The van der Waals surface area contributed by atoms with E-state index in [1.54, 1.807) is 18.2 Å². The third-order valence-corrected chi connectivity index (χ3v) is 4.70. The molecule has 90 valence electrons. The number of hydrogen-bond donors (Lipinski definition) is 0. The summed E-state index contributed by atoms with van der Waals surface area (Å²) >= 11 is 24.0. The van der Waals surface area contributed by atoms with Crippen molar-refractivity contribution in [2.75, 3.05) is 0 Å². The second-order valence-corrected chi connectivity index (χ2v) is 6.15. The van der Waals surface area contributed by atoms with Gasteiger partial charge < -0.3 is 4.79 Å². The van der Waals surface area contributed by atoms with Crippen molar-refractivity contribution in [3.05, 3.63) is 39.9 Å². The molecular weight excluding hydrogens is 302 g/mol. The van der Waals surface area contributed by atoms with Gasteiger partial charge in [0, 0.05) is 5.92 Å². The van der Waals surface area contributed by atoms with Gasteiger partial charge in [-0.2, -0.15) is 0 Å². The molecule has 2 unspecified atom stereocenters. The lowest BCUT2D eigenvalue weighted by molar-refractivity contribution is -0.108. The minimum absolute atomic E-state index is 0.239. The summed E-state index contributed by atoms with van der Waals surface area (Å²) in [7, 11) is 0. The van der Waals surface area contributed by atoms with E-state index in [9.17, 15) is 4.79 Å². The van der Waals surface area contributed by atoms with Gasteiger partial charge in [0.25, 0.3) is 0 Å². The van der Waals surface area contributed by atoms with Crippen molar-refractivity contribution in [1.29, 1.82) is 0 Å². The van der Waals surface area contributed by atoms with E-state index in [1.807, 2.05) is 0 Å². The van der Waals surface area contributed by atoms with Crippen LogP contribution in [0.5, 0.6) is 0 Å². The zero-order valence-electron chi connectivity index (χ0n) is 8.59. The van der Waals surface area contributed by atoms with Crippen molar-refractivity contribution in [3.8, 4) is 0 Å². The summed E-state index contributed by atoms with van der Waals surface area (Å²) in [5, 5.41) is 0.836. The van der Waals surface area contributed by atoms with Crippen LogP contribution in [0.1, 0.15) is 17.0 Å². The lowest BCUT2D eigenvalue weighted by Gasteiger charge is -2.06. The van der Waals surface area contributed by atoms with Crippen LogP contribution in [0.25, 0.3) is 6.08 Å². The summed E-state index contributed by atoms with van der Waals surface area (Å²) in [4.78, 5) is 10.8. The molecule has 1 aromatic rings. The smallest absolute Gasteiger partial charge is 0.136 e. The molecule has 17 heavy (non-hydrogen) atoms. The number of benzene rings is 1. The van der Waals surface area contributed by atoms with Crippen molar-refractivity contribution in [3.63, 3.8) is 0 Å². The number of aldehydes is 1. The summed E-state index contributed by atoms with van der Waals surface area (Å²) in [6.45, 7) is 3.65. The number of rotatable bonds is 3. The molecule has 2 atom stereocenters. The van der Waals surface area contributed by atoms with Crippen molar-refractivity contribution in [2.45, 2.75) is 10.3 Å². The predicted octanol–water partition coefficient (Wildman–Crippen LogP) is 4.72. The Labute approximate surface area is 119 Å². The maximum atomic E-state index is 10.8. The molecule has 0 amide bonds. The highest BCUT2D eigenvalue weighted by Crippen LogP contribution is 2.64. The molecule has 0 radical (unpaired) electrons. The molecule has 0 spiro atoms. The van der Waals surface area contributed by atoms with Crippen LogP contribution >= 0.6 is 46.4 Å². The average Bonchev–Trinajstić information content (AvgIpc) is 2.84. The van der Waals surface area contributed by atoms with E-state index in [4.69, 9.17) is 46.4 Å². The molecule has 2 rings (SSSR count). The highest BCUT2D eigenvalue weighted by molar-refractivity contribution is 6.53. The largest absolute Gasteiger partial charge is 0.303 e. The monoisotopic (exact) mass is 308 g/mol. The van der Waals surface area contributed by atoms with Crippen LogP contribution in [0, 0.1) is 5.92 Å². The molecule has 5 heteroatoms. The van der Waals surface area contributed by atoms with Crippen molar-refractivity contribution < 1.29 is 4.79 Å². The second-order valence-electron chi connectivity index (χ2n) is 3.92. The van der Waals surface area contributed by atoms with Gasteiger partial charge in [0.05, 0.1) is 16.0 Å². The van der Waals surface area contributed by atoms with Crippen LogP contribution in [0.3, 0.4) is 0 Å². The molecule has 0 saturated heterocycles. The Balaban J connectivity index is 2.45. The fourth-order valence-electron chi connectivity index (χ4n) is 1.91. The van der Waals surface area contributed by atoms with Crippen LogP contribution in [0.4, 0.5) is 0 Å². The van der Waals surface area contributed by atoms with E-state index in [1.165, 1.54) is 0 Å². The first-order chi connectivity index (χ1) is 7.93. The van der Waals surface area contributed by atoms with E-state index < -0.39 is 10.3 Å². The highest BCUT2D eigenvalue weighted by Gasteiger charge is 2.64. The average molecular weight is 310 g/mol. The molecule has 0 heterocycles. The second kappa shape index (κ2) is 4.47. The maximum Gasteiger partial charge on any atom is 0.136 e. The zero-order valence-corrected chi connectivity index (χ0v) is 11.6. The number of halogens is 4. The molecule has 0 aliphatic heterocycles. The number of hydrogen-bond acceptors (Lipinski definition) is 1. The van der Waals surface area contributed by atoms with Crippen molar-refractivity contribution in [1.82, 2.24) is 0 Å². The predicted molar refractivity (Wildman–Crippen MR) is 73.3 cm³/mol. The molecule has 0 bridgehead atoms. The van der Waals surface area contributed by atoms with Crippen molar-refractivity contribution >= 4 is 58.8 Å². The summed E-state index contributed by atoms with van der Waals surface area (Å²) < 4.78 is -1.04. The third-order valence-electron chi connectivity index (χ3n) is 2.91. The molecule has 1 saturated carbocycles. The first-order valence-corrected chi connectivity index (χ1v) is 6.39. The van der Waals surface area contributed by atoms with Gasteiger partial charge >= 0.3 is 0 Å². The molecule has 1 nitrogen and oxygen atoms in total. The Kier molecular flexibility index (Phi) is 3.48. The Morgan fingerprint density at radius 1 is 1.29 bits per heavy atom. The Bertz CT molecular complexity index is 496. The quantitative estimate of drug-likeness (QED) is 0.583. The normalized spacial score (nSPS) is 25.4. The summed E-state index contributed by atoms with van der Waals surface area (Å²) in [5.41, 5.74) is 1.51. The fraction of sp³-hybridized carbons (Fsp3) is 0.250. The fourth-order valence-corrected chi connectivity index (χ4v) is 3.08. The number of carbonyl (C=O) groups excluding carboxylic acids is 1. The van der Waals surface area contributed by atoms with Crippen molar-refractivity contribution in [2.24, 2.45) is 5.92 Å². The topological polar surface area (TPSA) is 17.1 Å². The van der Waals surface area contributed by atoms with E-state index >= 15 is 0 Å².